The molecule has 2 rings (SSSR count). The van der Waals surface area contributed by atoms with E-state index in [9.17, 15) is 13.2 Å². The molecule has 0 unspecified atom stereocenters. The number of primary amides is 1. The van der Waals surface area contributed by atoms with E-state index in [1.807, 2.05) is 29.2 Å². The first-order chi connectivity index (χ1) is 10.3. The molecule has 0 radical (unpaired) electrons. The van der Waals surface area contributed by atoms with Crippen LogP contribution in [-0.2, 0) is 21.4 Å². The van der Waals surface area contributed by atoms with Gasteiger partial charge in [-0.25, -0.2) is 12.7 Å². The average molecular weight is 346 g/mol. The highest BCUT2D eigenvalue weighted by molar-refractivity contribution is 7.88. The lowest BCUT2D eigenvalue weighted by atomic mass is 10.1. The highest BCUT2D eigenvalue weighted by Gasteiger charge is 2.30. The number of benzene rings is 1. The predicted molar refractivity (Wildman–Crippen MR) is 85.8 cm³/mol. The summed E-state index contributed by atoms with van der Waals surface area (Å²) < 4.78 is 24.8. The van der Waals surface area contributed by atoms with Gasteiger partial charge in [-0.2, -0.15) is 0 Å². The van der Waals surface area contributed by atoms with E-state index in [1.165, 1.54) is 4.31 Å². The number of hydrogen-bond donors (Lipinski definition) is 1. The van der Waals surface area contributed by atoms with Gasteiger partial charge in [0.15, 0.2) is 0 Å². The van der Waals surface area contributed by atoms with Gasteiger partial charge < -0.3 is 5.73 Å². The van der Waals surface area contributed by atoms with Gasteiger partial charge in [0.1, 0.15) is 0 Å². The summed E-state index contributed by atoms with van der Waals surface area (Å²) in [4.78, 5) is 13.6. The minimum atomic E-state index is -3.35. The summed E-state index contributed by atoms with van der Waals surface area (Å²) in [5.41, 5.74) is 6.36. The standard InChI is InChI=1S/C14H20ClN3O3S/c1-22(20,21)18-7-6-17(9-12(10-18)14(16)19)8-11-4-2-3-5-13(11)15/h2-5,12H,6-10H2,1H3,(H2,16,19)/t12-/m1/s1. The minimum Gasteiger partial charge on any atom is -0.369 e. The normalized spacial score (nSPS) is 21.5. The third kappa shape index (κ3) is 4.42. The second-order valence-corrected chi connectivity index (χ2v) is 7.94. The molecule has 122 valence electrons. The summed E-state index contributed by atoms with van der Waals surface area (Å²) in [6.07, 6.45) is 1.15. The second kappa shape index (κ2) is 6.95. The van der Waals surface area contributed by atoms with Gasteiger partial charge >= 0.3 is 0 Å². The van der Waals surface area contributed by atoms with Crippen LogP contribution in [-0.4, -0.2) is 56.0 Å². The molecule has 1 fully saturated rings. The van der Waals surface area contributed by atoms with Crippen molar-refractivity contribution in [2.75, 3.05) is 32.4 Å². The van der Waals surface area contributed by atoms with E-state index >= 15 is 0 Å². The summed E-state index contributed by atoms with van der Waals surface area (Å²) in [5.74, 6) is -1.01. The van der Waals surface area contributed by atoms with E-state index in [0.29, 0.717) is 31.2 Å². The number of sulfonamides is 1. The molecule has 1 aliphatic rings. The molecule has 1 saturated heterocycles. The highest BCUT2D eigenvalue weighted by Crippen LogP contribution is 2.19. The lowest BCUT2D eigenvalue weighted by Crippen LogP contribution is -2.40. The molecule has 1 aromatic rings. The molecule has 8 heteroatoms. The SMILES string of the molecule is CS(=O)(=O)N1CCN(Cc2ccccc2Cl)C[C@@H](C(N)=O)C1. The van der Waals surface area contributed by atoms with Crippen LogP contribution in [0.2, 0.25) is 5.02 Å². The maximum atomic E-state index is 11.8. The molecule has 0 aromatic heterocycles. The molecule has 1 atom stereocenters. The quantitative estimate of drug-likeness (QED) is 0.862. The Balaban J connectivity index is 2.16. The van der Waals surface area contributed by atoms with Gasteiger partial charge in [0.25, 0.3) is 0 Å². The largest absolute Gasteiger partial charge is 0.369 e. The van der Waals surface area contributed by atoms with E-state index in [-0.39, 0.29) is 6.54 Å². The van der Waals surface area contributed by atoms with Crippen LogP contribution < -0.4 is 5.73 Å². The van der Waals surface area contributed by atoms with Crippen LogP contribution in [0.25, 0.3) is 0 Å². The van der Waals surface area contributed by atoms with Gasteiger partial charge in [-0.3, -0.25) is 9.69 Å². The maximum Gasteiger partial charge on any atom is 0.223 e. The number of amides is 1. The fourth-order valence-corrected chi connectivity index (χ4v) is 3.60. The molecule has 1 amide bonds. The zero-order valence-electron chi connectivity index (χ0n) is 12.4. The van der Waals surface area contributed by atoms with Gasteiger partial charge in [-0.05, 0) is 11.6 Å². The average Bonchev–Trinajstić information content (AvgIpc) is 2.64. The molecule has 6 nitrogen and oxygen atoms in total. The third-order valence-corrected chi connectivity index (χ3v) is 5.43. The number of carbonyl (C=O) groups excluding carboxylic acids is 1. The smallest absolute Gasteiger partial charge is 0.223 e. The topological polar surface area (TPSA) is 83.7 Å². The molecule has 1 aromatic carbocycles. The Bertz CT molecular complexity index is 650. The first-order valence-electron chi connectivity index (χ1n) is 6.97. The molecule has 0 spiro atoms. The zero-order valence-corrected chi connectivity index (χ0v) is 14.0. The fourth-order valence-electron chi connectivity index (χ4n) is 2.54. The van der Waals surface area contributed by atoms with Crippen LogP contribution in [0, 0.1) is 5.92 Å². The van der Waals surface area contributed by atoms with Gasteiger partial charge in [-0.1, -0.05) is 29.8 Å². The first-order valence-corrected chi connectivity index (χ1v) is 9.20. The van der Waals surface area contributed by atoms with Crippen LogP contribution in [0.3, 0.4) is 0 Å². The van der Waals surface area contributed by atoms with Gasteiger partial charge in [0.05, 0.1) is 12.2 Å². The van der Waals surface area contributed by atoms with Crippen molar-refractivity contribution < 1.29 is 13.2 Å². The lowest BCUT2D eigenvalue weighted by Gasteiger charge is -2.22. The monoisotopic (exact) mass is 345 g/mol. The molecule has 0 bridgehead atoms. The molecular weight excluding hydrogens is 326 g/mol. The van der Waals surface area contributed by atoms with E-state index in [0.717, 1.165) is 11.8 Å². The number of carbonyl (C=O) groups is 1. The molecule has 0 saturated carbocycles. The number of rotatable bonds is 4. The van der Waals surface area contributed by atoms with Crippen LogP contribution >= 0.6 is 11.6 Å². The van der Waals surface area contributed by atoms with Crippen molar-refractivity contribution in [3.8, 4) is 0 Å². The Hall–Kier alpha value is -1.15. The number of nitrogens with two attached hydrogens (primary N) is 1. The Kier molecular flexibility index (Phi) is 5.44. The van der Waals surface area contributed by atoms with Gasteiger partial charge in [0.2, 0.25) is 15.9 Å². The number of halogens is 1. The van der Waals surface area contributed by atoms with Crippen molar-refractivity contribution in [2.45, 2.75) is 6.54 Å². The summed E-state index contributed by atoms with van der Waals surface area (Å²) in [7, 11) is -3.35. The van der Waals surface area contributed by atoms with Crippen molar-refractivity contribution in [3.63, 3.8) is 0 Å². The predicted octanol–water partition coefficient (Wildman–Crippen LogP) is 0.519. The van der Waals surface area contributed by atoms with Crippen molar-refractivity contribution in [3.05, 3.63) is 34.9 Å². The van der Waals surface area contributed by atoms with Crippen molar-refractivity contribution in [2.24, 2.45) is 11.7 Å². The minimum absolute atomic E-state index is 0.132. The Morgan fingerprint density at radius 2 is 2.00 bits per heavy atom. The Morgan fingerprint density at radius 3 is 2.59 bits per heavy atom. The molecule has 1 aliphatic heterocycles. The van der Waals surface area contributed by atoms with Gasteiger partial charge in [-0.15, -0.1) is 0 Å². The van der Waals surface area contributed by atoms with E-state index in [4.69, 9.17) is 17.3 Å². The Labute approximate surface area is 135 Å². The van der Waals surface area contributed by atoms with E-state index < -0.39 is 21.8 Å². The van der Waals surface area contributed by atoms with E-state index in [1.54, 1.807) is 0 Å². The lowest BCUT2D eigenvalue weighted by molar-refractivity contribution is -0.122. The fraction of sp³-hybridized carbons (Fsp3) is 0.500. The number of hydrogen-bond acceptors (Lipinski definition) is 4. The van der Waals surface area contributed by atoms with Gasteiger partial charge in [0, 0.05) is 37.7 Å². The molecule has 1 heterocycles. The van der Waals surface area contributed by atoms with Crippen LogP contribution in [0.1, 0.15) is 5.56 Å². The summed E-state index contributed by atoms with van der Waals surface area (Å²) >= 11 is 6.16. The van der Waals surface area contributed by atoms with Crippen molar-refractivity contribution in [1.29, 1.82) is 0 Å². The van der Waals surface area contributed by atoms with Crippen LogP contribution in [0.5, 0.6) is 0 Å². The van der Waals surface area contributed by atoms with Crippen molar-refractivity contribution in [1.82, 2.24) is 9.21 Å². The third-order valence-electron chi connectivity index (χ3n) is 3.79. The molecule has 22 heavy (non-hydrogen) atoms. The Morgan fingerprint density at radius 1 is 1.32 bits per heavy atom. The summed E-state index contributed by atoms with van der Waals surface area (Å²) in [6.45, 7) is 1.98. The second-order valence-electron chi connectivity index (χ2n) is 5.55. The number of nitrogens with zero attached hydrogens (tertiary/aromatic N) is 2. The van der Waals surface area contributed by atoms with E-state index in [2.05, 4.69) is 0 Å². The van der Waals surface area contributed by atoms with Crippen LogP contribution in [0.4, 0.5) is 0 Å². The van der Waals surface area contributed by atoms with Crippen LogP contribution in [0.15, 0.2) is 24.3 Å². The summed E-state index contributed by atoms with van der Waals surface area (Å²) in [5, 5.41) is 0.655. The summed E-state index contributed by atoms with van der Waals surface area (Å²) in [6, 6.07) is 7.48. The highest BCUT2D eigenvalue weighted by atomic mass is 35.5. The molecular formula is C14H20ClN3O3S. The maximum absolute atomic E-state index is 11.8. The molecule has 0 aliphatic carbocycles. The first kappa shape index (κ1) is 17.2. The molecule has 2 N–H and O–H groups in total. The zero-order chi connectivity index (χ0) is 16.3. The van der Waals surface area contributed by atoms with Crippen molar-refractivity contribution >= 4 is 27.5 Å².